The summed E-state index contributed by atoms with van der Waals surface area (Å²) in [6.07, 6.45) is 0. The monoisotopic (exact) mass is 240 g/mol. The number of nitrogen functional groups attached to an aromatic ring is 1. The van der Waals surface area contributed by atoms with Gasteiger partial charge in [0.1, 0.15) is 0 Å². The summed E-state index contributed by atoms with van der Waals surface area (Å²) >= 11 is 0. The molecule has 0 saturated heterocycles. The maximum Gasteiger partial charge on any atom is 0.251 e. The zero-order chi connectivity index (χ0) is 12.0. The fraction of sp³-hybridized carbons (Fsp3) is 0.364. The molecule has 1 amide bonds. The van der Waals surface area contributed by atoms with Crippen LogP contribution in [0.3, 0.4) is 0 Å². The van der Waals surface area contributed by atoms with E-state index in [4.69, 9.17) is 5.73 Å². The van der Waals surface area contributed by atoms with Crippen molar-refractivity contribution in [3.63, 3.8) is 0 Å². The molecule has 1 rings (SSSR count). The van der Waals surface area contributed by atoms with E-state index >= 15 is 0 Å². The summed E-state index contributed by atoms with van der Waals surface area (Å²) in [6.45, 7) is 2.29. The summed E-state index contributed by atoms with van der Waals surface area (Å²) in [5, 5.41) is 2.71. The highest BCUT2D eigenvalue weighted by atomic mass is 32.2. The Bertz CT molecular complexity index is 376. The van der Waals surface area contributed by atoms with Gasteiger partial charge in [0, 0.05) is 40.1 Å². The van der Waals surface area contributed by atoms with Crippen molar-refractivity contribution < 1.29 is 9.00 Å². The average molecular weight is 240 g/mol. The lowest BCUT2D eigenvalue weighted by Gasteiger charge is -2.04. The first-order valence-electron chi connectivity index (χ1n) is 5.12. The van der Waals surface area contributed by atoms with Crippen molar-refractivity contribution in [2.24, 2.45) is 0 Å². The largest absolute Gasteiger partial charge is 0.399 e. The molecule has 4 nitrogen and oxygen atoms in total. The Morgan fingerprint density at radius 3 is 2.56 bits per heavy atom. The second kappa shape index (κ2) is 6.27. The van der Waals surface area contributed by atoms with Gasteiger partial charge in [0.25, 0.3) is 5.91 Å². The van der Waals surface area contributed by atoms with E-state index in [1.807, 2.05) is 6.92 Å². The summed E-state index contributed by atoms with van der Waals surface area (Å²) in [6, 6.07) is 6.70. The molecule has 0 aliphatic carbocycles. The quantitative estimate of drug-likeness (QED) is 0.747. The molecule has 0 bridgehead atoms. The topological polar surface area (TPSA) is 72.2 Å². The van der Waals surface area contributed by atoms with Crippen LogP contribution in [0.2, 0.25) is 0 Å². The van der Waals surface area contributed by atoms with E-state index < -0.39 is 10.8 Å². The first kappa shape index (κ1) is 12.7. The van der Waals surface area contributed by atoms with Gasteiger partial charge in [0.2, 0.25) is 0 Å². The minimum Gasteiger partial charge on any atom is -0.399 e. The third-order valence-electron chi connectivity index (χ3n) is 2.11. The normalized spacial score (nSPS) is 12.1. The van der Waals surface area contributed by atoms with Gasteiger partial charge in [-0.25, -0.2) is 0 Å². The van der Waals surface area contributed by atoms with Crippen molar-refractivity contribution in [3.05, 3.63) is 29.8 Å². The molecule has 0 saturated carbocycles. The third kappa shape index (κ3) is 4.02. The molecule has 16 heavy (non-hydrogen) atoms. The minimum atomic E-state index is -0.838. The fourth-order valence-corrected chi connectivity index (χ4v) is 1.78. The molecule has 0 fully saturated rings. The number of anilines is 1. The number of nitrogens with two attached hydrogens (primary N) is 1. The van der Waals surface area contributed by atoms with Crippen LogP contribution in [0.1, 0.15) is 17.3 Å². The fourth-order valence-electron chi connectivity index (χ4n) is 1.16. The van der Waals surface area contributed by atoms with Gasteiger partial charge in [-0.15, -0.1) is 0 Å². The van der Waals surface area contributed by atoms with Gasteiger partial charge in [-0.1, -0.05) is 6.92 Å². The van der Waals surface area contributed by atoms with Crippen molar-refractivity contribution in [2.75, 3.05) is 23.8 Å². The van der Waals surface area contributed by atoms with Gasteiger partial charge in [-0.3, -0.25) is 9.00 Å². The molecular weight excluding hydrogens is 224 g/mol. The zero-order valence-electron chi connectivity index (χ0n) is 9.23. The molecule has 0 spiro atoms. The number of amides is 1. The van der Waals surface area contributed by atoms with Crippen LogP contribution >= 0.6 is 0 Å². The Morgan fingerprint density at radius 2 is 2.00 bits per heavy atom. The molecule has 1 atom stereocenters. The van der Waals surface area contributed by atoms with Crippen LogP contribution in [0.25, 0.3) is 0 Å². The van der Waals surface area contributed by atoms with E-state index in [-0.39, 0.29) is 5.91 Å². The highest BCUT2D eigenvalue weighted by molar-refractivity contribution is 7.84. The first-order chi connectivity index (χ1) is 7.63. The van der Waals surface area contributed by atoms with Crippen LogP contribution in [-0.4, -0.2) is 28.2 Å². The number of hydrogen-bond acceptors (Lipinski definition) is 3. The third-order valence-corrected chi connectivity index (χ3v) is 3.41. The van der Waals surface area contributed by atoms with Crippen LogP contribution in [0.4, 0.5) is 5.69 Å². The maximum absolute atomic E-state index is 11.6. The Kier molecular flexibility index (Phi) is 4.98. The first-order valence-corrected chi connectivity index (χ1v) is 6.61. The van der Waals surface area contributed by atoms with Crippen LogP contribution < -0.4 is 11.1 Å². The number of rotatable bonds is 5. The molecule has 3 N–H and O–H groups in total. The standard InChI is InChI=1S/C11H16N2O2S/c1-2-16(15)8-7-13-11(14)9-3-5-10(12)6-4-9/h3-6H,2,7-8,12H2,1H3,(H,13,14). The van der Waals surface area contributed by atoms with Crippen molar-refractivity contribution in [3.8, 4) is 0 Å². The Labute approximate surface area is 97.7 Å². The number of carbonyl (C=O) groups excluding carboxylic acids is 1. The lowest BCUT2D eigenvalue weighted by atomic mass is 10.2. The van der Waals surface area contributed by atoms with Crippen LogP contribution in [0, 0.1) is 0 Å². The highest BCUT2D eigenvalue weighted by Gasteiger charge is 2.04. The summed E-state index contributed by atoms with van der Waals surface area (Å²) in [7, 11) is -0.838. The molecule has 5 heteroatoms. The lowest BCUT2D eigenvalue weighted by molar-refractivity contribution is 0.0956. The second-order valence-corrected chi connectivity index (χ2v) is 5.18. The number of hydrogen-bond donors (Lipinski definition) is 2. The molecule has 0 aromatic heterocycles. The van der Waals surface area contributed by atoms with Gasteiger partial charge >= 0.3 is 0 Å². The molecular formula is C11H16N2O2S. The van der Waals surface area contributed by atoms with E-state index in [0.29, 0.717) is 29.3 Å². The van der Waals surface area contributed by atoms with Crippen molar-refractivity contribution in [2.45, 2.75) is 6.92 Å². The van der Waals surface area contributed by atoms with E-state index in [1.165, 1.54) is 0 Å². The summed E-state index contributed by atoms with van der Waals surface area (Å²) < 4.78 is 11.1. The molecule has 1 unspecified atom stereocenters. The van der Waals surface area contributed by atoms with Gasteiger partial charge in [0.05, 0.1) is 0 Å². The molecule has 0 aliphatic rings. The summed E-state index contributed by atoms with van der Waals surface area (Å²) in [5.74, 6) is 0.961. The maximum atomic E-state index is 11.6. The van der Waals surface area contributed by atoms with Crippen LogP contribution in [0.15, 0.2) is 24.3 Å². The molecule has 0 heterocycles. The van der Waals surface area contributed by atoms with Gasteiger partial charge < -0.3 is 11.1 Å². The van der Waals surface area contributed by atoms with Gasteiger partial charge in [-0.2, -0.15) is 0 Å². The zero-order valence-corrected chi connectivity index (χ0v) is 10.0. The molecule has 1 aromatic rings. The molecule has 1 aromatic carbocycles. The predicted molar refractivity (Wildman–Crippen MR) is 66.7 cm³/mol. The number of benzene rings is 1. The van der Waals surface area contributed by atoms with Crippen LogP contribution in [-0.2, 0) is 10.8 Å². The highest BCUT2D eigenvalue weighted by Crippen LogP contribution is 2.04. The van der Waals surface area contributed by atoms with Crippen molar-refractivity contribution in [1.82, 2.24) is 5.32 Å². The Hall–Kier alpha value is -1.36. The average Bonchev–Trinajstić information content (AvgIpc) is 2.29. The number of carbonyl (C=O) groups is 1. The minimum absolute atomic E-state index is 0.159. The van der Waals surface area contributed by atoms with E-state index in [0.717, 1.165) is 0 Å². The van der Waals surface area contributed by atoms with Crippen LogP contribution in [0.5, 0.6) is 0 Å². The smallest absolute Gasteiger partial charge is 0.251 e. The summed E-state index contributed by atoms with van der Waals surface area (Å²) in [4.78, 5) is 11.6. The molecule has 0 radical (unpaired) electrons. The van der Waals surface area contributed by atoms with Gasteiger partial charge in [-0.05, 0) is 24.3 Å². The molecule has 0 aliphatic heterocycles. The second-order valence-electron chi connectivity index (χ2n) is 3.31. The molecule has 88 valence electrons. The van der Waals surface area contributed by atoms with Gasteiger partial charge in [0.15, 0.2) is 0 Å². The predicted octanol–water partition coefficient (Wildman–Crippen LogP) is 0.767. The number of nitrogens with one attached hydrogen (secondary N) is 1. The Morgan fingerprint density at radius 1 is 1.38 bits per heavy atom. The lowest BCUT2D eigenvalue weighted by Crippen LogP contribution is -2.27. The van der Waals surface area contributed by atoms with E-state index in [1.54, 1.807) is 24.3 Å². The Balaban J connectivity index is 2.41. The van der Waals surface area contributed by atoms with Crippen molar-refractivity contribution in [1.29, 1.82) is 0 Å². The van der Waals surface area contributed by atoms with E-state index in [9.17, 15) is 9.00 Å². The SMILES string of the molecule is CCS(=O)CCNC(=O)c1ccc(N)cc1. The van der Waals surface area contributed by atoms with Crippen molar-refractivity contribution >= 4 is 22.4 Å². The van der Waals surface area contributed by atoms with E-state index in [2.05, 4.69) is 5.32 Å². The summed E-state index contributed by atoms with van der Waals surface area (Å²) in [5.41, 5.74) is 6.71.